The summed E-state index contributed by atoms with van der Waals surface area (Å²) in [6, 6.07) is 10.5. The Morgan fingerprint density at radius 1 is 1.19 bits per heavy atom. The maximum Gasteiger partial charge on any atom is 0.359 e. The fourth-order valence-corrected chi connectivity index (χ4v) is 2.57. The van der Waals surface area contributed by atoms with Gasteiger partial charge in [0.1, 0.15) is 5.82 Å². The molecule has 1 N–H and O–H groups in total. The highest BCUT2D eigenvalue weighted by Crippen LogP contribution is 2.16. The van der Waals surface area contributed by atoms with Gasteiger partial charge in [-0.2, -0.15) is 5.10 Å². The highest BCUT2D eigenvalue weighted by molar-refractivity contribution is 6.03. The number of halogens is 1. The SMILES string of the molecule is Cc1ccc(F)cc1NC(=O)COC(=O)c1nn(C)c(=O)c2ccccc12. The number of ether oxygens (including phenoxy) is 1. The van der Waals surface area contributed by atoms with Crippen molar-refractivity contribution >= 4 is 28.3 Å². The molecule has 2 aromatic carbocycles. The maximum atomic E-state index is 13.3. The molecule has 27 heavy (non-hydrogen) atoms. The molecule has 0 saturated carbocycles. The quantitative estimate of drug-likeness (QED) is 0.712. The van der Waals surface area contributed by atoms with Crippen LogP contribution in [0, 0.1) is 12.7 Å². The Bertz CT molecular complexity index is 1110. The van der Waals surface area contributed by atoms with Crippen molar-refractivity contribution in [1.82, 2.24) is 9.78 Å². The van der Waals surface area contributed by atoms with Crippen LogP contribution >= 0.6 is 0 Å². The van der Waals surface area contributed by atoms with Gasteiger partial charge in [0.25, 0.3) is 11.5 Å². The first kappa shape index (κ1) is 18.2. The molecule has 138 valence electrons. The van der Waals surface area contributed by atoms with Gasteiger partial charge >= 0.3 is 5.97 Å². The molecule has 1 aromatic heterocycles. The Labute approximate surface area is 153 Å². The lowest BCUT2D eigenvalue weighted by Gasteiger charge is -2.10. The van der Waals surface area contributed by atoms with E-state index >= 15 is 0 Å². The van der Waals surface area contributed by atoms with Crippen molar-refractivity contribution in [3.63, 3.8) is 0 Å². The zero-order chi connectivity index (χ0) is 19.6. The Balaban J connectivity index is 1.76. The lowest BCUT2D eigenvalue weighted by molar-refractivity contribution is -0.119. The third-order valence-electron chi connectivity index (χ3n) is 3.96. The number of rotatable bonds is 4. The summed E-state index contributed by atoms with van der Waals surface area (Å²) in [5.74, 6) is -1.95. The first-order valence-corrected chi connectivity index (χ1v) is 8.06. The molecule has 0 saturated heterocycles. The molecule has 1 heterocycles. The normalized spacial score (nSPS) is 10.6. The number of amides is 1. The number of hydrogen-bond acceptors (Lipinski definition) is 5. The van der Waals surface area contributed by atoms with Gasteiger partial charge in [-0.15, -0.1) is 0 Å². The minimum atomic E-state index is -0.840. The highest BCUT2D eigenvalue weighted by atomic mass is 19.1. The fourth-order valence-electron chi connectivity index (χ4n) is 2.57. The monoisotopic (exact) mass is 369 g/mol. The molecular weight excluding hydrogens is 353 g/mol. The number of nitrogens with one attached hydrogen (secondary N) is 1. The Morgan fingerprint density at radius 2 is 1.89 bits per heavy atom. The zero-order valence-electron chi connectivity index (χ0n) is 14.7. The molecular formula is C19H16FN3O4. The summed E-state index contributed by atoms with van der Waals surface area (Å²) in [7, 11) is 1.42. The smallest absolute Gasteiger partial charge is 0.359 e. The standard InChI is InChI=1S/C19H16FN3O4/c1-11-7-8-12(20)9-15(11)21-16(24)10-27-19(26)17-13-5-3-4-6-14(13)18(25)23(2)22-17/h3-9H,10H2,1-2H3,(H,21,24). The summed E-state index contributed by atoms with van der Waals surface area (Å²) in [4.78, 5) is 36.5. The van der Waals surface area contributed by atoms with E-state index < -0.39 is 24.3 Å². The van der Waals surface area contributed by atoms with Gasteiger partial charge in [-0.05, 0) is 30.7 Å². The van der Waals surface area contributed by atoms with E-state index in [1.165, 1.54) is 25.2 Å². The number of anilines is 1. The van der Waals surface area contributed by atoms with Gasteiger partial charge in [-0.3, -0.25) is 9.59 Å². The zero-order valence-corrected chi connectivity index (χ0v) is 14.7. The van der Waals surface area contributed by atoms with E-state index in [0.29, 0.717) is 22.0 Å². The lowest BCUT2D eigenvalue weighted by atomic mass is 10.1. The van der Waals surface area contributed by atoms with Crippen molar-refractivity contribution < 1.29 is 18.7 Å². The summed E-state index contributed by atoms with van der Waals surface area (Å²) in [6.45, 7) is 1.13. The van der Waals surface area contributed by atoms with E-state index in [2.05, 4.69) is 10.4 Å². The van der Waals surface area contributed by atoms with Crippen molar-refractivity contribution in [3.8, 4) is 0 Å². The van der Waals surface area contributed by atoms with Crippen LogP contribution in [-0.2, 0) is 16.6 Å². The average molecular weight is 369 g/mol. The van der Waals surface area contributed by atoms with Gasteiger partial charge in [0, 0.05) is 18.1 Å². The van der Waals surface area contributed by atoms with E-state index in [1.807, 2.05) is 0 Å². The third kappa shape index (κ3) is 3.84. The van der Waals surface area contributed by atoms with Crippen molar-refractivity contribution in [2.24, 2.45) is 7.05 Å². The Morgan fingerprint density at radius 3 is 2.63 bits per heavy atom. The first-order chi connectivity index (χ1) is 12.9. The summed E-state index contributed by atoms with van der Waals surface area (Å²) in [5.41, 5.74) is 0.549. The molecule has 0 aliphatic carbocycles. The van der Waals surface area contributed by atoms with E-state index in [1.54, 1.807) is 31.2 Å². The number of esters is 1. The molecule has 0 atom stereocenters. The summed E-state index contributed by atoms with van der Waals surface area (Å²) < 4.78 is 19.3. The highest BCUT2D eigenvalue weighted by Gasteiger charge is 2.18. The van der Waals surface area contributed by atoms with Crippen LogP contribution in [0.4, 0.5) is 10.1 Å². The minimum Gasteiger partial charge on any atom is -0.451 e. The number of nitrogens with zero attached hydrogens (tertiary/aromatic N) is 2. The largest absolute Gasteiger partial charge is 0.451 e. The van der Waals surface area contributed by atoms with Crippen molar-refractivity contribution in [3.05, 3.63) is 69.9 Å². The molecule has 7 nitrogen and oxygen atoms in total. The number of carbonyl (C=O) groups is 2. The van der Waals surface area contributed by atoms with Gasteiger partial charge in [0.2, 0.25) is 0 Å². The number of fused-ring (bicyclic) bond motifs is 1. The van der Waals surface area contributed by atoms with Crippen LogP contribution in [0.3, 0.4) is 0 Å². The minimum absolute atomic E-state index is 0.0672. The topological polar surface area (TPSA) is 90.3 Å². The van der Waals surface area contributed by atoms with Crippen LogP contribution < -0.4 is 10.9 Å². The second-order valence-electron chi connectivity index (χ2n) is 5.91. The molecule has 0 unspecified atom stereocenters. The van der Waals surface area contributed by atoms with Crippen LogP contribution in [-0.4, -0.2) is 28.3 Å². The van der Waals surface area contributed by atoms with Crippen LogP contribution in [0.1, 0.15) is 16.1 Å². The van der Waals surface area contributed by atoms with Gasteiger partial charge in [0.05, 0.1) is 5.39 Å². The predicted octanol–water partition coefficient (Wildman–Crippen LogP) is 2.18. The molecule has 0 bridgehead atoms. The van der Waals surface area contributed by atoms with E-state index in [0.717, 1.165) is 4.68 Å². The molecule has 0 aliphatic heterocycles. The maximum absolute atomic E-state index is 13.3. The molecule has 8 heteroatoms. The van der Waals surface area contributed by atoms with Crippen LogP contribution in [0.2, 0.25) is 0 Å². The lowest BCUT2D eigenvalue weighted by Crippen LogP contribution is -2.26. The molecule has 1 amide bonds. The van der Waals surface area contributed by atoms with Crippen molar-refractivity contribution in [2.75, 3.05) is 11.9 Å². The van der Waals surface area contributed by atoms with Gasteiger partial charge in [-0.25, -0.2) is 13.9 Å². The van der Waals surface area contributed by atoms with Gasteiger partial charge in [-0.1, -0.05) is 24.3 Å². The molecule has 3 aromatic rings. The van der Waals surface area contributed by atoms with E-state index in [-0.39, 0.29) is 11.3 Å². The summed E-state index contributed by atoms with van der Waals surface area (Å²) in [5, 5.41) is 7.08. The second-order valence-corrected chi connectivity index (χ2v) is 5.91. The molecule has 0 aliphatic rings. The van der Waals surface area contributed by atoms with Crippen LogP contribution in [0.15, 0.2) is 47.3 Å². The van der Waals surface area contributed by atoms with E-state index in [9.17, 15) is 18.8 Å². The molecule has 0 spiro atoms. The number of benzene rings is 2. The van der Waals surface area contributed by atoms with Crippen molar-refractivity contribution in [2.45, 2.75) is 6.92 Å². The van der Waals surface area contributed by atoms with E-state index in [4.69, 9.17) is 4.74 Å². The number of carbonyl (C=O) groups excluding carboxylic acids is 2. The first-order valence-electron chi connectivity index (χ1n) is 8.06. The summed E-state index contributed by atoms with van der Waals surface area (Å²) >= 11 is 0. The Hall–Kier alpha value is -3.55. The molecule has 3 rings (SSSR count). The van der Waals surface area contributed by atoms with Gasteiger partial charge in [0.15, 0.2) is 12.3 Å². The number of hydrogen-bond donors (Lipinski definition) is 1. The number of aromatic nitrogens is 2. The van der Waals surface area contributed by atoms with Crippen molar-refractivity contribution in [1.29, 1.82) is 0 Å². The molecule has 0 radical (unpaired) electrons. The molecule has 0 fully saturated rings. The van der Waals surface area contributed by atoms with Crippen LogP contribution in [0.5, 0.6) is 0 Å². The second kappa shape index (κ2) is 7.36. The third-order valence-corrected chi connectivity index (χ3v) is 3.96. The summed E-state index contributed by atoms with van der Waals surface area (Å²) in [6.07, 6.45) is 0. The predicted molar refractivity (Wildman–Crippen MR) is 97.0 cm³/mol. The van der Waals surface area contributed by atoms with Crippen LogP contribution in [0.25, 0.3) is 10.8 Å². The average Bonchev–Trinajstić information content (AvgIpc) is 2.65. The fraction of sp³-hybridized carbons (Fsp3) is 0.158. The Kier molecular flexibility index (Phi) is 4.98. The number of aryl methyl sites for hydroxylation is 2. The van der Waals surface area contributed by atoms with Gasteiger partial charge < -0.3 is 10.1 Å².